The van der Waals surface area contributed by atoms with Crippen molar-refractivity contribution in [3.63, 3.8) is 0 Å². The predicted molar refractivity (Wildman–Crippen MR) is 85.3 cm³/mol. The molecule has 2 unspecified atom stereocenters. The van der Waals surface area contributed by atoms with E-state index in [-0.39, 0.29) is 0 Å². The molecule has 2 N–H and O–H groups in total. The first-order valence-electron chi connectivity index (χ1n) is 7.99. The van der Waals surface area contributed by atoms with Crippen molar-refractivity contribution in [1.82, 2.24) is 15.1 Å². The summed E-state index contributed by atoms with van der Waals surface area (Å²) in [5.41, 5.74) is 1.47. The van der Waals surface area contributed by atoms with Crippen molar-refractivity contribution in [2.75, 3.05) is 13.1 Å². The maximum absolute atomic E-state index is 10.9. The van der Waals surface area contributed by atoms with Crippen molar-refractivity contribution in [1.29, 1.82) is 0 Å². The van der Waals surface area contributed by atoms with Crippen LogP contribution in [-0.2, 0) is 13.0 Å². The number of hydrogen-bond donors (Lipinski definition) is 2. The van der Waals surface area contributed by atoms with E-state index in [0.717, 1.165) is 43.7 Å². The Hall–Kier alpha value is -1.39. The van der Waals surface area contributed by atoms with Gasteiger partial charge in [0, 0.05) is 30.8 Å². The standard InChI is InChI=1S/C17H25N3O/c1-3-20-16-9-5-4-8-14(16)15(19-20)11-17(2,21)13-7-6-10-18-12-13/h4-5,8-9,13,18,21H,3,6-7,10-12H2,1-2H3. The van der Waals surface area contributed by atoms with Crippen LogP contribution in [0.1, 0.15) is 32.4 Å². The van der Waals surface area contributed by atoms with Gasteiger partial charge in [-0.05, 0) is 39.3 Å². The molecule has 1 aliphatic rings. The molecule has 0 amide bonds. The highest BCUT2D eigenvalue weighted by Gasteiger charge is 2.34. The molecule has 4 heteroatoms. The maximum atomic E-state index is 10.9. The Morgan fingerprint density at radius 2 is 2.24 bits per heavy atom. The Kier molecular flexibility index (Phi) is 4.00. The largest absolute Gasteiger partial charge is 0.389 e. The number of nitrogens with one attached hydrogen (secondary N) is 1. The van der Waals surface area contributed by atoms with E-state index < -0.39 is 5.60 Å². The maximum Gasteiger partial charge on any atom is 0.0732 e. The van der Waals surface area contributed by atoms with Gasteiger partial charge in [0.1, 0.15) is 0 Å². The molecule has 1 aliphatic heterocycles. The summed E-state index contributed by atoms with van der Waals surface area (Å²) in [6.45, 7) is 6.89. The third-order valence-electron chi connectivity index (χ3n) is 4.74. The highest BCUT2D eigenvalue weighted by Crippen LogP contribution is 2.30. The molecule has 0 saturated carbocycles. The first-order chi connectivity index (χ1) is 10.1. The molecule has 2 heterocycles. The van der Waals surface area contributed by atoms with Crippen molar-refractivity contribution >= 4 is 10.9 Å². The quantitative estimate of drug-likeness (QED) is 0.907. The van der Waals surface area contributed by atoms with Gasteiger partial charge < -0.3 is 10.4 Å². The van der Waals surface area contributed by atoms with Crippen LogP contribution in [0, 0.1) is 5.92 Å². The molecular weight excluding hydrogens is 262 g/mol. The van der Waals surface area contributed by atoms with Crippen molar-refractivity contribution in [2.24, 2.45) is 5.92 Å². The zero-order valence-corrected chi connectivity index (χ0v) is 13.0. The number of rotatable bonds is 4. The molecule has 2 atom stereocenters. The van der Waals surface area contributed by atoms with Crippen molar-refractivity contribution < 1.29 is 5.11 Å². The molecule has 1 aromatic carbocycles. The van der Waals surface area contributed by atoms with Crippen LogP contribution in [-0.4, -0.2) is 33.6 Å². The van der Waals surface area contributed by atoms with Gasteiger partial charge in [-0.3, -0.25) is 4.68 Å². The number of aryl methyl sites for hydroxylation is 1. The van der Waals surface area contributed by atoms with Gasteiger partial charge in [0.25, 0.3) is 0 Å². The average molecular weight is 287 g/mol. The third-order valence-corrected chi connectivity index (χ3v) is 4.74. The molecular formula is C17H25N3O. The summed E-state index contributed by atoms with van der Waals surface area (Å²) < 4.78 is 2.03. The topological polar surface area (TPSA) is 50.1 Å². The molecule has 1 aromatic heterocycles. The Labute approximate surface area is 126 Å². The fourth-order valence-corrected chi connectivity index (χ4v) is 3.43. The molecule has 3 rings (SSSR count). The predicted octanol–water partition coefficient (Wildman–Crippen LogP) is 2.35. The Bertz CT molecular complexity index is 612. The molecule has 0 aliphatic carbocycles. The minimum absolute atomic E-state index is 0.303. The summed E-state index contributed by atoms with van der Waals surface area (Å²) in [7, 11) is 0. The van der Waals surface area contributed by atoms with Crippen LogP contribution in [0.4, 0.5) is 0 Å². The first-order valence-corrected chi connectivity index (χ1v) is 7.99. The van der Waals surface area contributed by atoms with E-state index in [2.05, 4.69) is 24.4 Å². The van der Waals surface area contributed by atoms with Crippen molar-refractivity contribution in [3.8, 4) is 0 Å². The van der Waals surface area contributed by atoms with Gasteiger partial charge in [-0.2, -0.15) is 5.10 Å². The molecule has 114 valence electrons. The van der Waals surface area contributed by atoms with Gasteiger partial charge in [-0.1, -0.05) is 18.2 Å². The number of hydrogen-bond acceptors (Lipinski definition) is 3. The second-order valence-electron chi connectivity index (χ2n) is 6.36. The number of benzene rings is 1. The lowest BCUT2D eigenvalue weighted by Crippen LogP contribution is -2.45. The number of fused-ring (bicyclic) bond motifs is 1. The molecule has 2 aromatic rings. The van der Waals surface area contributed by atoms with Crippen molar-refractivity contribution in [2.45, 2.75) is 45.3 Å². The average Bonchev–Trinajstić information content (AvgIpc) is 2.86. The van der Waals surface area contributed by atoms with Crippen LogP contribution in [0.3, 0.4) is 0 Å². The Balaban J connectivity index is 1.90. The number of aromatic nitrogens is 2. The highest BCUT2D eigenvalue weighted by atomic mass is 16.3. The molecule has 21 heavy (non-hydrogen) atoms. The summed E-state index contributed by atoms with van der Waals surface area (Å²) in [5, 5.41) is 20.2. The zero-order valence-electron chi connectivity index (χ0n) is 13.0. The Morgan fingerprint density at radius 3 is 2.95 bits per heavy atom. The van der Waals surface area contributed by atoms with Crippen LogP contribution in [0.5, 0.6) is 0 Å². The summed E-state index contributed by atoms with van der Waals surface area (Å²) >= 11 is 0. The molecule has 1 fully saturated rings. The monoisotopic (exact) mass is 287 g/mol. The van der Waals surface area contributed by atoms with Crippen LogP contribution in [0.2, 0.25) is 0 Å². The molecule has 4 nitrogen and oxygen atoms in total. The van der Waals surface area contributed by atoms with E-state index in [1.807, 2.05) is 23.7 Å². The molecule has 1 saturated heterocycles. The van der Waals surface area contributed by atoms with E-state index in [0.29, 0.717) is 12.3 Å². The lowest BCUT2D eigenvalue weighted by Gasteiger charge is -2.35. The van der Waals surface area contributed by atoms with Gasteiger partial charge in [-0.25, -0.2) is 0 Å². The van der Waals surface area contributed by atoms with Gasteiger partial charge in [0.2, 0.25) is 0 Å². The zero-order chi connectivity index (χ0) is 14.9. The van der Waals surface area contributed by atoms with Crippen LogP contribution in [0.25, 0.3) is 10.9 Å². The summed E-state index contributed by atoms with van der Waals surface area (Å²) in [4.78, 5) is 0. The number of nitrogens with zero attached hydrogens (tertiary/aromatic N) is 2. The van der Waals surface area contributed by atoms with Gasteiger partial charge >= 0.3 is 0 Å². The number of para-hydroxylation sites is 1. The Morgan fingerprint density at radius 1 is 1.43 bits per heavy atom. The molecule has 0 bridgehead atoms. The summed E-state index contributed by atoms with van der Waals surface area (Å²) in [6, 6.07) is 8.30. The minimum Gasteiger partial charge on any atom is -0.389 e. The van der Waals surface area contributed by atoms with Crippen LogP contribution < -0.4 is 5.32 Å². The first kappa shape index (κ1) is 14.5. The second kappa shape index (κ2) is 5.78. The second-order valence-corrected chi connectivity index (χ2v) is 6.36. The fraction of sp³-hybridized carbons (Fsp3) is 0.588. The third kappa shape index (κ3) is 2.83. The SMILES string of the molecule is CCn1nc(CC(C)(O)C2CCCNC2)c2ccccc21. The minimum atomic E-state index is -0.705. The van der Waals surface area contributed by atoms with Gasteiger partial charge in [0.15, 0.2) is 0 Å². The van der Waals surface area contributed by atoms with Gasteiger partial charge in [-0.15, -0.1) is 0 Å². The lowest BCUT2D eigenvalue weighted by atomic mass is 9.80. The molecule has 0 spiro atoms. The summed E-state index contributed by atoms with van der Waals surface area (Å²) in [6.07, 6.45) is 2.85. The van der Waals surface area contributed by atoms with E-state index in [9.17, 15) is 5.11 Å². The van der Waals surface area contributed by atoms with Crippen LogP contribution in [0.15, 0.2) is 24.3 Å². The van der Waals surface area contributed by atoms with Crippen LogP contribution >= 0.6 is 0 Å². The van der Waals surface area contributed by atoms with E-state index in [1.54, 1.807) is 0 Å². The fourth-order valence-electron chi connectivity index (χ4n) is 3.43. The number of piperidine rings is 1. The smallest absolute Gasteiger partial charge is 0.0732 e. The van der Waals surface area contributed by atoms with E-state index in [4.69, 9.17) is 5.10 Å². The summed E-state index contributed by atoms with van der Waals surface area (Å²) in [5.74, 6) is 0.303. The highest BCUT2D eigenvalue weighted by molar-refractivity contribution is 5.82. The van der Waals surface area contributed by atoms with E-state index in [1.165, 1.54) is 5.39 Å². The van der Waals surface area contributed by atoms with E-state index >= 15 is 0 Å². The van der Waals surface area contributed by atoms with Crippen molar-refractivity contribution in [3.05, 3.63) is 30.0 Å². The normalized spacial score (nSPS) is 22.3. The van der Waals surface area contributed by atoms with Gasteiger partial charge in [0.05, 0.1) is 16.8 Å². The molecule has 0 radical (unpaired) electrons. The number of aliphatic hydroxyl groups is 1. The lowest BCUT2D eigenvalue weighted by molar-refractivity contribution is -0.0108.